The molecule has 0 radical (unpaired) electrons. The first-order valence-electron chi connectivity index (χ1n) is 9.38. The first-order chi connectivity index (χ1) is 13.3. The summed E-state index contributed by atoms with van der Waals surface area (Å²) in [6.07, 6.45) is -0.671. The lowest BCUT2D eigenvalue weighted by atomic mass is 10.1. The van der Waals surface area contributed by atoms with Crippen LogP contribution >= 0.6 is 11.8 Å². The van der Waals surface area contributed by atoms with E-state index in [9.17, 15) is 9.90 Å². The minimum Gasteiger partial charge on any atom is -0.491 e. The van der Waals surface area contributed by atoms with Gasteiger partial charge < -0.3 is 9.84 Å². The van der Waals surface area contributed by atoms with Gasteiger partial charge in [0.15, 0.2) is 5.16 Å². The van der Waals surface area contributed by atoms with E-state index in [-0.39, 0.29) is 18.2 Å². The third kappa shape index (κ3) is 4.75. The van der Waals surface area contributed by atoms with Crippen molar-refractivity contribution in [3.05, 3.63) is 63.9 Å². The van der Waals surface area contributed by atoms with Crippen LogP contribution in [-0.4, -0.2) is 33.1 Å². The Morgan fingerprint density at radius 3 is 2.50 bits per heavy atom. The van der Waals surface area contributed by atoms with Crippen LogP contribution in [0, 0.1) is 13.8 Å². The Kier molecular flexibility index (Phi) is 6.42. The van der Waals surface area contributed by atoms with E-state index in [2.05, 4.69) is 11.1 Å². The van der Waals surface area contributed by atoms with E-state index in [0.717, 1.165) is 16.9 Å². The number of nitrogens with zero attached hydrogens (tertiary/aromatic N) is 2. The predicted molar refractivity (Wildman–Crippen MR) is 115 cm³/mol. The molecule has 0 amide bonds. The summed E-state index contributed by atoms with van der Waals surface area (Å²) < 4.78 is 7.42. The number of hydrogen-bond donors (Lipinski definition) is 1. The van der Waals surface area contributed by atoms with E-state index in [4.69, 9.17) is 4.74 Å². The molecule has 28 heavy (non-hydrogen) atoms. The quantitative estimate of drug-likeness (QED) is 0.479. The minimum atomic E-state index is -0.671. The van der Waals surface area contributed by atoms with E-state index in [1.165, 1.54) is 11.8 Å². The van der Waals surface area contributed by atoms with E-state index < -0.39 is 6.10 Å². The van der Waals surface area contributed by atoms with E-state index in [1.54, 1.807) is 10.6 Å². The molecule has 0 aliphatic heterocycles. The van der Waals surface area contributed by atoms with Crippen LogP contribution in [0.3, 0.4) is 0 Å². The van der Waals surface area contributed by atoms with Crippen molar-refractivity contribution in [2.75, 3.05) is 12.4 Å². The van der Waals surface area contributed by atoms with Gasteiger partial charge in [-0.2, -0.15) is 0 Å². The van der Waals surface area contributed by atoms with Gasteiger partial charge in [0, 0.05) is 11.8 Å². The molecule has 3 rings (SSSR count). The van der Waals surface area contributed by atoms with Crippen molar-refractivity contribution in [3.8, 4) is 5.75 Å². The Labute approximate surface area is 169 Å². The monoisotopic (exact) mass is 398 g/mol. The van der Waals surface area contributed by atoms with Crippen molar-refractivity contribution in [3.63, 3.8) is 0 Å². The molecule has 0 aliphatic rings. The van der Waals surface area contributed by atoms with Gasteiger partial charge in [-0.25, -0.2) is 4.98 Å². The van der Waals surface area contributed by atoms with Gasteiger partial charge in [0.25, 0.3) is 5.56 Å². The third-order valence-corrected chi connectivity index (χ3v) is 5.43. The number of aliphatic hydroxyl groups excluding tert-OH is 1. The molecule has 0 bridgehead atoms. The summed E-state index contributed by atoms with van der Waals surface area (Å²) >= 11 is 1.38. The van der Waals surface area contributed by atoms with Crippen molar-refractivity contribution in [2.45, 2.75) is 45.0 Å². The van der Waals surface area contributed by atoms with Gasteiger partial charge in [0.05, 0.1) is 17.0 Å². The topological polar surface area (TPSA) is 64.3 Å². The molecule has 6 heteroatoms. The first-order valence-corrected chi connectivity index (χ1v) is 10.4. The summed E-state index contributed by atoms with van der Waals surface area (Å²) in [4.78, 5) is 17.5. The van der Waals surface area contributed by atoms with E-state index >= 15 is 0 Å². The van der Waals surface area contributed by atoms with Crippen LogP contribution in [0.25, 0.3) is 10.9 Å². The number of aromatic nitrogens is 2. The van der Waals surface area contributed by atoms with Crippen LogP contribution in [0.5, 0.6) is 5.75 Å². The van der Waals surface area contributed by atoms with Crippen LogP contribution in [0.2, 0.25) is 0 Å². The third-order valence-electron chi connectivity index (χ3n) is 4.33. The summed E-state index contributed by atoms with van der Waals surface area (Å²) in [7, 11) is 0. The normalized spacial score (nSPS) is 12.5. The van der Waals surface area contributed by atoms with Crippen molar-refractivity contribution < 1.29 is 9.84 Å². The Bertz CT molecular complexity index is 1010. The molecule has 0 aliphatic carbocycles. The molecule has 148 valence electrons. The number of benzene rings is 2. The van der Waals surface area contributed by atoms with Crippen LogP contribution in [0.4, 0.5) is 0 Å². The smallest absolute Gasteiger partial charge is 0.262 e. The van der Waals surface area contributed by atoms with Gasteiger partial charge in [0.1, 0.15) is 12.4 Å². The first kappa shape index (κ1) is 20.4. The van der Waals surface area contributed by atoms with Crippen molar-refractivity contribution >= 4 is 22.7 Å². The molecule has 0 spiro atoms. The molecule has 0 saturated carbocycles. The highest BCUT2D eigenvalue weighted by Gasteiger charge is 2.16. The lowest BCUT2D eigenvalue weighted by Crippen LogP contribution is -2.26. The summed E-state index contributed by atoms with van der Waals surface area (Å²) in [6.45, 7) is 8.14. The highest BCUT2D eigenvalue weighted by atomic mass is 32.2. The second kappa shape index (κ2) is 8.80. The maximum atomic E-state index is 12.8. The summed E-state index contributed by atoms with van der Waals surface area (Å²) in [5.41, 5.74) is 2.87. The Balaban J connectivity index is 1.72. The maximum Gasteiger partial charge on any atom is 0.262 e. The average Bonchev–Trinajstić information content (AvgIpc) is 2.63. The van der Waals surface area contributed by atoms with Crippen LogP contribution in [0.1, 0.15) is 31.0 Å². The zero-order chi connectivity index (χ0) is 20.3. The summed E-state index contributed by atoms with van der Waals surface area (Å²) in [5, 5.41) is 11.6. The fraction of sp³-hybridized carbons (Fsp3) is 0.364. The molecule has 1 aromatic heterocycles. The lowest BCUT2D eigenvalue weighted by molar-refractivity contribution is 0.126. The maximum absolute atomic E-state index is 12.8. The second-order valence-corrected chi connectivity index (χ2v) is 8.27. The van der Waals surface area contributed by atoms with Crippen molar-refractivity contribution in [1.82, 2.24) is 9.55 Å². The molecule has 5 nitrogen and oxygen atoms in total. The number of fused-ring (bicyclic) bond motifs is 1. The van der Waals surface area contributed by atoms with Gasteiger partial charge in [-0.05, 0) is 63.1 Å². The fourth-order valence-corrected chi connectivity index (χ4v) is 4.14. The molecule has 1 atom stereocenters. The number of para-hydroxylation sites is 1. The number of aryl methyl sites for hydroxylation is 2. The molecule has 1 N–H and O–H groups in total. The molecule has 0 saturated heterocycles. The highest BCUT2D eigenvalue weighted by Crippen LogP contribution is 2.22. The number of rotatable bonds is 7. The SMILES string of the molecule is Cc1cc(C)cc(OC[C@@H](O)CSc2nc3ccccc3c(=O)n2C(C)C)c1. The zero-order valence-corrected chi connectivity index (χ0v) is 17.5. The predicted octanol–water partition coefficient (Wildman–Crippen LogP) is 4.13. The van der Waals surface area contributed by atoms with Gasteiger partial charge >= 0.3 is 0 Å². The molecular formula is C22H26N2O3S. The van der Waals surface area contributed by atoms with Gasteiger partial charge in [-0.15, -0.1) is 0 Å². The van der Waals surface area contributed by atoms with Gasteiger partial charge in [-0.3, -0.25) is 9.36 Å². The Hall–Kier alpha value is -2.31. The lowest BCUT2D eigenvalue weighted by Gasteiger charge is -2.17. The van der Waals surface area contributed by atoms with Crippen LogP contribution < -0.4 is 10.3 Å². The van der Waals surface area contributed by atoms with Gasteiger partial charge in [0.2, 0.25) is 0 Å². The standard InChI is InChI=1S/C22H26N2O3S/c1-14(2)24-21(26)19-7-5-6-8-20(19)23-22(24)28-13-17(25)12-27-18-10-15(3)9-16(4)11-18/h5-11,14,17,25H,12-13H2,1-4H3/t17-/m1/s1. The minimum absolute atomic E-state index is 0.0178. The number of thioether (sulfide) groups is 1. The number of hydrogen-bond acceptors (Lipinski definition) is 5. The zero-order valence-electron chi connectivity index (χ0n) is 16.7. The summed E-state index contributed by atoms with van der Waals surface area (Å²) in [5.74, 6) is 1.15. The Morgan fingerprint density at radius 2 is 1.82 bits per heavy atom. The fourth-order valence-electron chi connectivity index (χ4n) is 3.11. The Morgan fingerprint density at radius 1 is 1.14 bits per heavy atom. The van der Waals surface area contributed by atoms with Crippen molar-refractivity contribution in [2.24, 2.45) is 0 Å². The molecule has 2 aromatic carbocycles. The highest BCUT2D eigenvalue weighted by molar-refractivity contribution is 7.99. The molecule has 0 unspecified atom stereocenters. The second-order valence-electron chi connectivity index (χ2n) is 7.28. The van der Waals surface area contributed by atoms with E-state index in [1.807, 2.05) is 58.0 Å². The molecule has 3 aromatic rings. The van der Waals surface area contributed by atoms with Crippen molar-refractivity contribution in [1.29, 1.82) is 0 Å². The number of aliphatic hydroxyl groups is 1. The van der Waals surface area contributed by atoms with Gasteiger partial charge in [-0.1, -0.05) is 30.0 Å². The largest absolute Gasteiger partial charge is 0.491 e. The van der Waals surface area contributed by atoms with E-state index in [0.29, 0.717) is 21.8 Å². The summed E-state index contributed by atoms with van der Waals surface area (Å²) in [6, 6.07) is 13.3. The van der Waals surface area contributed by atoms with Crippen LogP contribution in [-0.2, 0) is 0 Å². The van der Waals surface area contributed by atoms with Crippen LogP contribution in [0.15, 0.2) is 52.4 Å². The molecule has 0 fully saturated rings. The molecule has 1 heterocycles. The average molecular weight is 399 g/mol. The molecular weight excluding hydrogens is 372 g/mol. The number of ether oxygens (including phenoxy) is 1.